The van der Waals surface area contributed by atoms with Crippen LogP contribution in [0.5, 0.6) is 0 Å². The van der Waals surface area contributed by atoms with Crippen molar-refractivity contribution in [1.82, 2.24) is 14.5 Å². The molecule has 3 aliphatic rings. The lowest BCUT2D eigenvalue weighted by Gasteiger charge is -2.29. The van der Waals surface area contributed by atoms with E-state index >= 15 is 0 Å². The first-order chi connectivity index (χ1) is 16.1. The summed E-state index contributed by atoms with van der Waals surface area (Å²) < 4.78 is 3.94. The molecule has 3 aliphatic heterocycles. The fourth-order valence-corrected chi connectivity index (χ4v) is 5.56. The van der Waals surface area contributed by atoms with Crippen LogP contribution in [0.2, 0.25) is 0 Å². The smallest absolute Gasteiger partial charge is 0.261 e. The molecule has 2 aromatic carbocycles. The van der Waals surface area contributed by atoms with Gasteiger partial charge in [0.05, 0.1) is 16.6 Å². The molecule has 0 unspecified atom stereocenters. The molecule has 0 N–H and O–H groups in total. The van der Waals surface area contributed by atoms with Crippen LogP contribution in [0.1, 0.15) is 56.3 Å². The molecule has 1 saturated heterocycles. The summed E-state index contributed by atoms with van der Waals surface area (Å²) in [5.41, 5.74) is 3.42. The molecule has 1 fully saturated rings. The predicted molar refractivity (Wildman–Crippen MR) is 141 cm³/mol. The lowest BCUT2D eigenvalue weighted by atomic mass is 10.1. The number of hydrogen-bond acceptors (Lipinski definition) is 4. The summed E-state index contributed by atoms with van der Waals surface area (Å²) in [4.78, 5) is 24.2. The molecule has 4 heterocycles. The van der Waals surface area contributed by atoms with E-state index in [0.29, 0.717) is 0 Å². The van der Waals surface area contributed by atoms with Crippen molar-refractivity contribution in [1.29, 1.82) is 0 Å². The normalized spacial score (nSPS) is 17.5. The molecule has 6 rings (SSSR count). The van der Waals surface area contributed by atoms with E-state index in [4.69, 9.17) is 4.99 Å². The minimum absolute atomic E-state index is 0.111. The van der Waals surface area contributed by atoms with E-state index in [9.17, 15) is 4.79 Å². The Morgan fingerprint density at radius 3 is 2.45 bits per heavy atom. The van der Waals surface area contributed by atoms with Gasteiger partial charge in [-0.25, -0.2) is 9.98 Å². The Morgan fingerprint density at radius 1 is 0.818 bits per heavy atom. The van der Waals surface area contributed by atoms with E-state index in [2.05, 4.69) is 59.9 Å². The van der Waals surface area contributed by atoms with E-state index in [-0.39, 0.29) is 5.56 Å². The van der Waals surface area contributed by atoms with Gasteiger partial charge in [-0.05, 0) is 61.6 Å². The Kier molecular flexibility index (Phi) is 6.97. The van der Waals surface area contributed by atoms with Crippen LogP contribution in [0.15, 0.2) is 55.1 Å². The average molecular weight is 572 g/mol. The maximum absolute atomic E-state index is 12.3. The van der Waals surface area contributed by atoms with Crippen molar-refractivity contribution in [2.75, 3.05) is 6.54 Å². The van der Waals surface area contributed by atoms with Gasteiger partial charge in [-0.1, -0.05) is 50.8 Å². The van der Waals surface area contributed by atoms with Gasteiger partial charge in [0, 0.05) is 41.4 Å². The molecule has 0 bridgehead atoms. The van der Waals surface area contributed by atoms with Crippen molar-refractivity contribution >= 4 is 54.3 Å². The Morgan fingerprint density at radius 2 is 1.58 bits per heavy atom. The first-order valence-electron chi connectivity index (χ1n) is 11.9. The largest absolute Gasteiger partial charge is 0.356 e. The van der Waals surface area contributed by atoms with Gasteiger partial charge in [-0.2, -0.15) is 0 Å². The van der Waals surface area contributed by atoms with Gasteiger partial charge in [0.15, 0.2) is 0 Å². The quantitative estimate of drug-likeness (QED) is 0.300. The zero-order valence-electron chi connectivity index (χ0n) is 18.7. The van der Waals surface area contributed by atoms with Gasteiger partial charge < -0.3 is 4.90 Å². The monoisotopic (exact) mass is 570 g/mol. The maximum Gasteiger partial charge on any atom is 0.261 e. The number of halogens is 2. The fraction of sp³-hybridized carbons (Fsp3) is 0.423. The SMILES string of the molecule is Brc1ccc2c(c1)N=C1CCCCCN1C2.O=c1c2ccc(Br)cc2nc2n1CCCCC2. The van der Waals surface area contributed by atoms with Gasteiger partial charge in [0.2, 0.25) is 0 Å². The Bertz CT molecular complexity index is 1270. The van der Waals surface area contributed by atoms with Crippen molar-refractivity contribution in [2.45, 2.75) is 64.5 Å². The van der Waals surface area contributed by atoms with Crippen LogP contribution in [0.25, 0.3) is 10.9 Å². The van der Waals surface area contributed by atoms with Crippen LogP contribution in [-0.2, 0) is 19.5 Å². The average Bonchev–Trinajstić information content (AvgIpc) is 3.18. The highest BCUT2D eigenvalue weighted by molar-refractivity contribution is 9.10. The summed E-state index contributed by atoms with van der Waals surface area (Å²) in [6.45, 7) is 3.03. The van der Waals surface area contributed by atoms with E-state index in [1.807, 2.05) is 22.8 Å². The first-order valence-corrected chi connectivity index (χ1v) is 13.5. The number of hydrogen-bond donors (Lipinski definition) is 0. The molecule has 172 valence electrons. The molecule has 0 amide bonds. The number of fused-ring (bicyclic) bond motifs is 4. The third-order valence-electron chi connectivity index (χ3n) is 6.63. The van der Waals surface area contributed by atoms with Crippen LogP contribution in [0.4, 0.5) is 5.69 Å². The molecule has 0 spiro atoms. The summed E-state index contributed by atoms with van der Waals surface area (Å²) in [6, 6.07) is 12.1. The van der Waals surface area contributed by atoms with Gasteiger partial charge in [-0.15, -0.1) is 0 Å². The molecule has 0 saturated carbocycles. The highest BCUT2D eigenvalue weighted by atomic mass is 79.9. The maximum atomic E-state index is 12.3. The van der Waals surface area contributed by atoms with Crippen molar-refractivity contribution in [3.63, 3.8) is 0 Å². The molecule has 0 aliphatic carbocycles. The standard InChI is InChI=1S/C13H13BrN2O.C13H15BrN2/c14-9-5-6-10-11(8-9)15-12-4-2-1-3-7-16(12)13(10)17;14-11-6-5-10-9-16-7-3-1-2-4-13(16)15-12(10)8-11/h5-6,8H,1-4,7H2;5-6,8H,1-4,7,9H2. The van der Waals surface area contributed by atoms with Crippen molar-refractivity contribution in [3.8, 4) is 0 Å². The number of benzene rings is 2. The van der Waals surface area contributed by atoms with Crippen molar-refractivity contribution < 1.29 is 0 Å². The minimum atomic E-state index is 0.111. The van der Waals surface area contributed by atoms with Gasteiger partial charge in [0.25, 0.3) is 5.56 Å². The molecule has 0 radical (unpaired) electrons. The highest BCUT2D eigenvalue weighted by Gasteiger charge is 2.21. The molecule has 3 aromatic rings. The lowest BCUT2D eigenvalue weighted by Crippen LogP contribution is -2.32. The number of aryl methyl sites for hydroxylation is 1. The second kappa shape index (κ2) is 10.1. The Hall–Kier alpha value is -1.99. The zero-order valence-corrected chi connectivity index (χ0v) is 21.9. The third-order valence-corrected chi connectivity index (χ3v) is 7.62. The number of amidine groups is 1. The summed E-state index contributed by atoms with van der Waals surface area (Å²) in [6.07, 6.45) is 9.40. The highest BCUT2D eigenvalue weighted by Crippen LogP contribution is 2.31. The Labute approximate surface area is 211 Å². The number of rotatable bonds is 0. The molecule has 5 nitrogen and oxygen atoms in total. The van der Waals surface area contributed by atoms with Crippen LogP contribution in [-0.4, -0.2) is 26.8 Å². The zero-order chi connectivity index (χ0) is 22.8. The third kappa shape index (κ3) is 5.09. The van der Waals surface area contributed by atoms with E-state index in [1.165, 1.54) is 43.6 Å². The van der Waals surface area contributed by atoms with Gasteiger partial charge in [-0.3, -0.25) is 9.36 Å². The Balaban J connectivity index is 0.000000139. The van der Waals surface area contributed by atoms with Crippen LogP contribution >= 0.6 is 31.9 Å². The van der Waals surface area contributed by atoms with Crippen LogP contribution in [0.3, 0.4) is 0 Å². The summed E-state index contributed by atoms with van der Waals surface area (Å²) >= 11 is 6.93. The van der Waals surface area contributed by atoms with E-state index < -0.39 is 0 Å². The van der Waals surface area contributed by atoms with Crippen molar-refractivity contribution in [3.05, 3.63) is 67.1 Å². The van der Waals surface area contributed by atoms with Crippen LogP contribution < -0.4 is 5.56 Å². The van der Waals surface area contributed by atoms with E-state index in [1.54, 1.807) is 0 Å². The molecular weight excluding hydrogens is 544 g/mol. The summed E-state index contributed by atoms with van der Waals surface area (Å²) in [5, 5.41) is 0.721. The second-order valence-corrected chi connectivity index (χ2v) is 10.8. The summed E-state index contributed by atoms with van der Waals surface area (Å²) in [7, 11) is 0. The number of nitrogens with zero attached hydrogens (tertiary/aromatic N) is 4. The molecule has 33 heavy (non-hydrogen) atoms. The van der Waals surface area contributed by atoms with Crippen LogP contribution in [0, 0.1) is 0 Å². The topological polar surface area (TPSA) is 50.5 Å². The number of aliphatic imine (C=N–C) groups is 1. The lowest BCUT2D eigenvalue weighted by molar-refractivity contribution is 0.403. The number of aromatic nitrogens is 2. The predicted octanol–water partition coefficient (Wildman–Crippen LogP) is 6.75. The molecule has 0 atom stereocenters. The van der Waals surface area contributed by atoms with Gasteiger partial charge in [0.1, 0.15) is 11.7 Å². The summed E-state index contributed by atoms with van der Waals surface area (Å²) in [5.74, 6) is 2.24. The second-order valence-electron chi connectivity index (χ2n) is 8.99. The fourth-order valence-electron chi connectivity index (χ4n) is 4.86. The van der Waals surface area contributed by atoms with E-state index in [0.717, 1.165) is 70.1 Å². The first kappa shape index (κ1) is 22.8. The molecule has 7 heteroatoms. The minimum Gasteiger partial charge on any atom is -0.356 e. The molecular formula is C26H28Br2N4O. The van der Waals surface area contributed by atoms with Crippen molar-refractivity contribution in [2.24, 2.45) is 4.99 Å². The molecule has 1 aromatic heterocycles. The van der Waals surface area contributed by atoms with Gasteiger partial charge >= 0.3 is 0 Å².